The predicted molar refractivity (Wildman–Crippen MR) is 74.1 cm³/mol. The third kappa shape index (κ3) is 2.55. The van der Waals surface area contributed by atoms with Crippen LogP contribution in [0.25, 0.3) is 10.9 Å². The first-order chi connectivity index (χ1) is 10.2. The van der Waals surface area contributed by atoms with E-state index in [0.29, 0.717) is 11.1 Å². The van der Waals surface area contributed by atoms with Crippen molar-refractivity contribution in [3.05, 3.63) is 65.7 Å². The van der Waals surface area contributed by atoms with E-state index in [-0.39, 0.29) is 18.2 Å². The smallest absolute Gasteiger partial charge is 0.225 e. The molecule has 0 atom stereocenters. The van der Waals surface area contributed by atoms with Gasteiger partial charge in [0.1, 0.15) is 0 Å². The Morgan fingerprint density at radius 2 is 1.86 bits per heavy atom. The average Bonchev–Trinajstić information content (AvgIpc) is 2.51. The molecule has 3 nitrogen and oxygen atoms in total. The lowest BCUT2D eigenvalue weighted by Crippen LogP contribution is -1.98. The Kier molecular flexibility index (Phi) is 3.50. The minimum atomic E-state index is -1.09. The minimum Gasteiger partial charge on any atom is -0.435 e. The molecule has 1 N–H and O–H groups in total. The topological polar surface area (TPSA) is 42.4 Å². The van der Waals surface area contributed by atoms with Gasteiger partial charge in [0.15, 0.2) is 11.6 Å². The van der Waals surface area contributed by atoms with Crippen molar-refractivity contribution in [1.29, 1.82) is 0 Å². The zero-order valence-electron chi connectivity index (χ0n) is 10.9. The van der Waals surface area contributed by atoms with Gasteiger partial charge in [0, 0.05) is 10.9 Å². The molecule has 1 aromatic heterocycles. The maximum absolute atomic E-state index is 13.6. The summed E-state index contributed by atoms with van der Waals surface area (Å²) in [4.78, 5) is 4.24. The lowest BCUT2D eigenvalue weighted by molar-refractivity contribution is 0.274. The molecule has 106 valence electrons. The summed E-state index contributed by atoms with van der Waals surface area (Å²) in [6.45, 7) is -0.315. The van der Waals surface area contributed by atoms with Crippen LogP contribution in [0.5, 0.6) is 11.6 Å². The summed E-state index contributed by atoms with van der Waals surface area (Å²) < 4.78 is 32.2. The minimum absolute atomic E-state index is 0.0562. The van der Waals surface area contributed by atoms with Crippen LogP contribution in [0.4, 0.5) is 8.78 Å². The Hall–Kier alpha value is -2.53. The molecule has 0 aliphatic rings. The Labute approximate surface area is 119 Å². The van der Waals surface area contributed by atoms with Gasteiger partial charge in [-0.3, -0.25) is 0 Å². The number of aliphatic hydroxyl groups is 1. The van der Waals surface area contributed by atoms with Gasteiger partial charge in [-0.1, -0.05) is 24.3 Å². The molecule has 0 aliphatic heterocycles. The highest BCUT2D eigenvalue weighted by molar-refractivity contribution is 5.80. The molecule has 1 heterocycles. The second kappa shape index (κ2) is 5.46. The number of hydrogen-bond donors (Lipinski definition) is 1. The van der Waals surface area contributed by atoms with Crippen LogP contribution in [-0.4, -0.2) is 10.1 Å². The highest BCUT2D eigenvalue weighted by Crippen LogP contribution is 2.29. The molecule has 21 heavy (non-hydrogen) atoms. The van der Waals surface area contributed by atoms with Gasteiger partial charge in [-0.2, -0.15) is 4.39 Å². The van der Waals surface area contributed by atoms with Crippen LogP contribution < -0.4 is 4.74 Å². The molecule has 3 rings (SSSR count). The van der Waals surface area contributed by atoms with E-state index >= 15 is 0 Å². The lowest BCUT2D eigenvalue weighted by atomic mass is 10.1. The molecule has 0 bridgehead atoms. The van der Waals surface area contributed by atoms with Crippen LogP contribution in [0.1, 0.15) is 5.56 Å². The molecule has 0 saturated carbocycles. The van der Waals surface area contributed by atoms with E-state index < -0.39 is 11.6 Å². The monoisotopic (exact) mass is 287 g/mol. The molecular weight excluding hydrogens is 276 g/mol. The number of rotatable bonds is 3. The summed E-state index contributed by atoms with van der Waals surface area (Å²) in [5.41, 5.74) is 1.04. The van der Waals surface area contributed by atoms with Gasteiger partial charge in [0.2, 0.25) is 11.7 Å². The lowest BCUT2D eigenvalue weighted by Gasteiger charge is -2.11. The summed E-state index contributed by atoms with van der Waals surface area (Å²) in [6.07, 6.45) is 0. The van der Waals surface area contributed by atoms with E-state index in [1.54, 1.807) is 18.2 Å². The average molecular weight is 287 g/mol. The molecule has 2 aromatic carbocycles. The van der Waals surface area contributed by atoms with Crippen LogP contribution in [0, 0.1) is 11.6 Å². The summed E-state index contributed by atoms with van der Waals surface area (Å²) in [6, 6.07) is 12.6. The third-order valence-electron chi connectivity index (χ3n) is 3.06. The quantitative estimate of drug-likeness (QED) is 0.796. The number of nitrogens with zero attached hydrogens (tertiary/aromatic N) is 1. The summed E-state index contributed by atoms with van der Waals surface area (Å²) in [5.74, 6) is -2.30. The maximum Gasteiger partial charge on any atom is 0.225 e. The van der Waals surface area contributed by atoms with Crippen LogP contribution >= 0.6 is 0 Å². The number of hydrogen-bond acceptors (Lipinski definition) is 3. The number of aliphatic hydroxyl groups excluding tert-OH is 1. The Bertz CT molecular complexity index is 805. The van der Waals surface area contributed by atoms with Crippen molar-refractivity contribution >= 4 is 10.9 Å². The Balaban J connectivity index is 2.09. The number of fused-ring (bicyclic) bond motifs is 1. The number of aromatic nitrogens is 1. The van der Waals surface area contributed by atoms with Gasteiger partial charge in [0.25, 0.3) is 0 Å². The SMILES string of the molecule is OCc1cc2ccccc2nc1Oc1cccc(F)c1F. The molecule has 5 heteroatoms. The van der Waals surface area contributed by atoms with E-state index in [9.17, 15) is 13.9 Å². The highest BCUT2D eigenvalue weighted by Gasteiger charge is 2.13. The number of pyridine rings is 1. The predicted octanol–water partition coefficient (Wildman–Crippen LogP) is 3.80. The van der Waals surface area contributed by atoms with Crippen molar-refractivity contribution < 1.29 is 18.6 Å². The van der Waals surface area contributed by atoms with Crippen molar-refractivity contribution in [3.63, 3.8) is 0 Å². The molecular formula is C16H11F2NO2. The molecule has 3 aromatic rings. The van der Waals surface area contributed by atoms with Crippen LogP contribution in [-0.2, 0) is 6.61 Å². The first kappa shape index (κ1) is 13.5. The Morgan fingerprint density at radius 3 is 2.67 bits per heavy atom. The number of ether oxygens (including phenoxy) is 1. The fourth-order valence-electron chi connectivity index (χ4n) is 2.01. The summed E-state index contributed by atoms with van der Waals surface area (Å²) in [5, 5.41) is 10.2. The molecule has 0 saturated heterocycles. The molecule has 0 radical (unpaired) electrons. The molecule has 0 aliphatic carbocycles. The number of benzene rings is 2. The molecule has 0 amide bonds. The van der Waals surface area contributed by atoms with Crippen LogP contribution in [0.15, 0.2) is 48.5 Å². The van der Waals surface area contributed by atoms with Crippen molar-refractivity contribution in [2.24, 2.45) is 0 Å². The van der Waals surface area contributed by atoms with Gasteiger partial charge >= 0.3 is 0 Å². The molecule has 0 unspecified atom stereocenters. The third-order valence-corrected chi connectivity index (χ3v) is 3.06. The van der Waals surface area contributed by atoms with Gasteiger partial charge < -0.3 is 9.84 Å². The number of para-hydroxylation sites is 1. The highest BCUT2D eigenvalue weighted by atomic mass is 19.2. The summed E-state index contributed by atoms with van der Waals surface area (Å²) >= 11 is 0. The first-order valence-electron chi connectivity index (χ1n) is 6.30. The largest absolute Gasteiger partial charge is 0.435 e. The first-order valence-corrected chi connectivity index (χ1v) is 6.30. The van der Waals surface area contributed by atoms with E-state index in [2.05, 4.69) is 4.98 Å². The van der Waals surface area contributed by atoms with E-state index in [1.165, 1.54) is 12.1 Å². The van der Waals surface area contributed by atoms with Crippen molar-refractivity contribution in [2.75, 3.05) is 0 Å². The Morgan fingerprint density at radius 1 is 1.05 bits per heavy atom. The zero-order valence-corrected chi connectivity index (χ0v) is 10.9. The van der Waals surface area contributed by atoms with E-state index in [1.807, 2.05) is 12.1 Å². The fourth-order valence-corrected chi connectivity index (χ4v) is 2.01. The van der Waals surface area contributed by atoms with Gasteiger partial charge in [-0.25, -0.2) is 9.37 Å². The molecule has 0 spiro atoms. The van der Waals surface area contributed by atoms with E-state index in [4.69, 9.17) is 4.74 Å². The van der Waals surface area contributed by atoms with Gasteiger partial charge in [-0.15, -0.1) is 0 Å². The second-order valence-corrected chi connectivity index (χ2v) is 4.46. The second-order valence-electron chi connectivity index (χ2n) is 4.46. The van der Waals surface area contributed by atoms with Gasteiger partial charge in [0.05, 0.1) is 12.1 Å². The van der Waals surface area contributed by atoms with Crippen molar-refractivity contribution in [3.8, 4) is 11.6 Å². The molecule has 0 fully saturated rings. The van der Waals surface area contributed by atoms with E-state index in [0.717, 1.165) is 11.5 Å². The van der Waals surface area contributed by atoms with Crippen LogP contribution in [0.3, 0.4) is 0 Å². The zero-order chi connectivity index (χ0) is 14.8. The van der Waals surface area contributed by atoms with Gasteiger partial charge in [-0.05, 0) is 24.3 Å². The van der Waals surface area contributed by atoms with Crippen molar-refractivity contribution in [1.82, 2.24) is 4.98 Å². The fraction of sp³-hybridized carbons (Fsp3) is 0.0625. The summed E-state index contributed by atoms with van der Waals surface area (Å²) in [7, 11) is 0. The van der Waals surface area contributed by atoms with Crippen molar-refractivity contribution in [2.45, 2.75) is 6.61 Å². The maximum atomic E-state index is 13.6. The standard InChI is InChI=1S/C16H11F2NO2/c17-12-5-3-7-14(15(12)18)21-16-11(9-20)8-10-4-1-2-6-13(10)19-16/h1-8,20H,9H2. The normalized spacial score (nSPS) is 10.8. The van der Waals surface area contributed by atoms with Crippen LogP contribution in [0.2, 0.25) is 0 Å². The number of halogens is 2.